The van der Waals surface area contributed by atoms with Gasteiger partial charge >= 0.3 is 0 Å². The van der Waals surface area contributed by atoms with E-state index in [-0.39, 0.29) is 0 Å². The van der Waals surface area contributed by atoms with Crippen molar-refractivity contribution in [1.82, 2.24) is 0 Å². The quantitative estimate of drug-likeness (QED) is 0.532. The zero-order valence-corrected chi connectivity index (χ0v) is 9.25. The van der Waals surface area contributed by atoms with Crippen LogP contribution in [-0.2, 0) is 0 Å². The van der Waals surface area contributed by atoms with Gasteiger partial charge in [-0.3, -0.25) is 0 Å². The molecule has 14 heavy (non-hydrogen) atoms. The minimum atomic E-state index is 0.929. The Morgan fingerprint density at radius 1 is 1.14 bits per heavy atom. The summed E-state index contributed by atoms with van der Waals surface area (Å²) < 4.78 is 5.37. The van der Waals surface area contributed by atoms with Gasteiger partial charge in [0.05, 0.1) is 6.26 Å². The van der Waals surface area contributed by atoms with Gasteiger partial charge in [-0.15, -0.1) is 11.3 Å². The smallest absolute Gasteiger partial charge is 0.180 e. The predicted octanol–water partition coefficient (Wildman–Crippen LogP) is 4.08. The van der Waals surface area contributed by atoms with E-state index in [4.69, 9.17) is 4.74 Å². The van der Waals surface area contributed by atoms with Gasteiger partial charge in [-0.25, -0.2) is 0 Å². The first-order chi connectivity index (χ1) is 6.83. The van der Waals surface area contributed by atoms with Crippen LogP contribution in [0.1, 0.15) is 11.8 Å². The lowest BCUT2D eigenvalue weighted by Gasteiger charge is -1.91. The summed E-state index contributed by atoms with van der Waals surface area (Å²) >= 11 is 1.64. The molecular formula is C12H14OS. The van der Waals surface area contributed by atoms with Crippen molar-refractivity contribution in [3.05, 3.63) is 53.7 Å². The van der Waals surface area contributed by atoms with Crippen molar-refractivity contribution in [3.63, 3.8) is 0 Å². The Kier molecular flexibility index (Phi) is 4.79. The maximum atomic E-state index is 5.37. The van der Waals surface area contributed by atoms with Crippen molar-refractivity contribution in [2.75, 3.05) is 0 Å². The third kappa shape index (κ3) is 4.10. The van der Waals surface area contributed by atoms with Gasteiger partial charge in [0, 0.05) is 4.88 Å². The Morgan fingerprint density at radius 2 is 1.93 bits per heavy atom. The average Bonchev–Trinajstić information content (AvgIpc) is 2.58. The third-order valence-corrected chi connectivity index (χ3v) is 2.40. The molecule has 0 spiro atoms. The van der Waals surface area contributed by atoms with Crippen molar-refractivity contribution >= 4 is 11.3 Å². The Bertz CT molecular complexity index is 345. The Morgan fingerprint density at radius 3 is 2.57 bits per heavy atom. The molecule has 1 rings (SSSR count). The summed E-state index contributed by atoms with van der Waals surface area (Å²) in [5.41, 5.74) is 0. The molecule has 0 aliphatic carbocycles. The molecular weight excluding hydrogens is 192 g/mol. The van der Waals surface area contributed by atoms with Crippen molar-refractivity contribution in [2.45, 2.75) is 13.8 Å². The summed E-state index contributed by atoms with van der Waals surface area (Å²) in [5, 5.41) is 0.929. The van der Waals surface area contributed by atoms with Crippen molar-refractivity contribution < 1.29 is 4.74 Å². The van der Waals surface area contributed by atoms with Crippen molar-refractivity contribution in [3.8, 4) is 5.06 Å². The van der Waals surface area contributed by atoms with Crippen LogP contribution < -0.4 is 4.74 Å². The number of aryl methyl sites for hydroxylation is 1. The van der Waals surface area contributed by atoms with Gasteiger partial charge in [0.1, 0.15) is 0 Å². The van der Waals surface area contributed by atoms with Gasteiger partial charge < -0.3 is 4.74 Å². The second-order valence-corrected chi connectivity index (χ2v) is 3.97. The second-order valence-electron chi connectivity index (χ2n) is 2.72. The maximum absolute atomic E-state index is 5.37. The van der Waals surface area contributed by atoms with Crippen LogP contribution in [0.4, 0.5) is 0 Å². The molecule has 74 valence electrons. The molecule has 0 radical (unpaired) electrons. The van der Waals surface area contributed by atoms with E-state index in [1.54, 1.807) is 17.6 Å². The lowest BCUT2D eigenvalue weighted by atomic mass is 10.4. The highest BCUT2D eigenvalue weighted by Crippen LogP contribution is 2.23. The van der Waals surface area contributed by atoms with E-state index in [1.165, 1.54) is 4.88 Å². The van der Waals surface area contributed by atoms with Gasteiger partial charge in [-0.05, 0) is 32.1 Å². The number of hydrogen-bond donors (Lipinski definition) is 0. The Hall–Kier alpha value is -1.28. The highest BCUT2D eigenvalue weighted by Gasteiger charge is 1.92. The van der Waals surface area contributed by atoms with Crippen molar-refractivity contribution in [2.24, 2.45) is 0 Å². The number of thiophene rings is 1. The molecule has 1 aromatic rings. The molecule has 1 nitrogen and oxygen atoms in total. The predicted molar refractivity (Wildman–Crippen MR) is 62.8 cm³/mol. The van der Waals surface area contributed by atoms with Crippen LogP contribution in [-0.4, -0.2) is 0 Å². The fourth-order valence-corrected chi connectivity index (χ4v) is 1.56. The standard InChI is InChI=1S/C12H14OS/c1-3-4-5-6-7-10-13-12-9-8-11(2)14-12/h3-10H,1-2H3/b4-3-,6-5-,10-7+. The lowest BCUT2D eigenvalue weighted by molar-refractivity contribution is 0.495. The van der Waals surface area contributed by atoms with E-state index >= 15 is 0 Å². The summed E-state index contributed by atoms with van der Waals surface area (Å²) in [4.78, 5) is 1.26. The van der Waals surface area contributed by atoms with Crippen LogP contribution in [0.2, 0.25) is 0 Å². The number of ether oxygens (including phenoxy) is 1. The number of hydrogen-bond acceptors (Lipinski definition) is 2. The molecule has 1 heterocycles. The van der Waals surface area contributed by atoms with E-state index in [9.17, 15) is 0 Å². The minimum absolute atomic E-state index is 0.929. The minimum Gasteiger partial charge on any atom is -0.454 e. The number of rotatable bonds is 4. The molecule has 0 bridgehead atoms. The average molecular weight is 206 g/mol. The molecule has 0 saturated heterocycles. The van der Waals surface area contributed by atoms with Gasteiger partial charge in [0.2, 0.25) is 0 Å². The lowest BCUT2D eigenvalue weighted by Crippen LogP contribution is -1.74. The first-order valence-corrected chi connectivity index (χ1v) is 5.32. The molecule has 0 aromatic carbocycles. The maximum Gasteiger partial charge on any atom is 0.180 e. The zero-order valence-electron chi connectivity index (χ0n) is 8.44. The molecule has 0 saturated carbocycles. The molecule has 0 amide bonds. The summed E-state index contributed by atoms with van der Waals surface area (Å²) in [5.74, 6) is 0. The van der Waals surface area contributed by atoms with Crippen molar-refractivity contribution in [1.29, 1.82) is 0 Å². The highest BCUT2D eigenvalue weighted by atomic mass is 32.1. The first-order valence-electron chi connectivity index (χ1n) is 4.50. The molecule has 1 aromatic heterocycles. The van der Waals surface area contributed by atoms with E-state index in [2.05, 4.69) is 6.92 Å². The van der Waals surface area contributed by atoms with E-state index in [0.717, 1.165) is 5.06 Å². The summed E-state index contributed by atoms with van der Waals surface area (Å²) in [6.45, 7) is 4.05. The van der Waals surface area contributed by atoms with Gasteiger partial charge in [0.25, 0.3) is 0 Å². The van der Waals surface area contributed by atoms with E-state index in [1.807, 2.05) is 49.4 Å². The SMILES string of the molecule is C\C=C/C=C\C=C\Oc1ccc(C)s1. The van der Waals surface area contributed by atoms with E-state index in [0.29, 0.717) is 0 Å². The van der Waals surface area contributed by atoms with E-state index < -0.39 is 0 Å². The topological polar surface area (TPSA) is 9.23 Å². The largest absolute Gasteiger partial charge is 0.454 e. The molecule has 0 unspecified atom stereocenters. The normalized spacial score (nSPS) is 12.1. The molecule has 2 heteroatoms. The zero-order chi connectivity index (χ0) is 10.2. The Labute approximate surface area is 89.0 Å². The second kappa shape index (κ2) is 6.22. The van der Waals surface area contributed by atoms with Crippen LogP contribution in [0.5, 0.6) is 5.06 Å². The fraction of sp³-hybridized carbons (Fsp3) is 0.167. The van der Waals surface area contributed by atoms with Crippen LogP contribution >= 0.6 is 11.3 Å². The highest BCUT2D eigenvalue weighted by molar-refractivity contribution is 7.13. The van der Waals surface area contributed by atoms with Gasteiger partial charge in [0.15, 0.2) is 5.06 Å². The van der Waals surface area contributed by atoms with Gasteiger partial charge in [-0.1, -0.05) is 24.3 Å². The summed E-state index contributed by atoms with van der Waals surface area (Å²) in [6, 6.07) is 4.02. The first kappa shape index (κ1) is 10.8. The van der Waals surface area contributed by atoms with Crippen LogP contribution in [0.25, 0.3) is 0 Å². The van der Waals surface area contributed by atoms with Crippen LogP contribution in [0, 0.1) is 6.92 Å². The monoisotopic (exact) mass is 206 g/mol. The molecule has 0 aliphatic rings. The number of allylic oxidation sites excluding steroid dienone is 5. The Balaban J connectivity index is 2.33. The third-order valence-electron chi connectivity index (χ3n) is 1.50. The molecule has 0 fully saturated rings. The molecule has 0 atom stereocenters. The fourth-order valence-electron chi connectivity index (χ4n) is 0.867. The summed E-state index contributed by atoms with van der Waals surface area (Å²) in [6.07, 6.45) is 11.4. The molecule has 0 N–H and O–H groups in total. The summed E-state index contributed by atoms with van der Waals surface area (Å²) in [7, 11) is 0. The van der Waals surface area contributed by atoms with Crippen LogP contribution in [0.15, 0.2) is 48.8 Å². The van der Waals surface area contributed by atoms with Gasteiger partial charge in [-0.2, -0.15) is 0 Å². The van der Waals surface area contributed by atoms with Crippen LogP contribution in [0.3, 0.4) is 0 Å². The molecule has 0 aliphatic heterocycles.